The first kappa shape index (κ1) is 16.9. The standard InChI is InChI=1S/C18H22FN3O/c1-12-15(16(19)22(5)21-12)17(23)20-14-9-7-6-8-13(14)10-11-18(2,3)4/h6-11H,1-5H3,(H,20,23)/b11-10-. The molecule has 1 N–H and O–H groups in total. The van der Waals surface area contributed by atoms with Crippen LogP contribution in [-0.4, -0.2) is 15.7 Å². The summed E-state index contributed by atoms with van der Waals surface area (Å²) >= 11 is 0. The predicted molar refractivity (Wildman–Crippen MR) is 90.8 cm³/mol. The van der Waals surface area contributed by atoms with E-state index in [1.807, 2.05) is 24.3 Å². The Morgan fingerprint density at radius 3 is 2.52 bits per heavy atom. The molecule has 5 heteroatoms. The summed E-state index contributed by atoms with van der Waals surface area (Å²) in [6.45, 7) is 7.90. The monoisotopic (exact) mass is 315 g/mol. The molecule has 0 atom stereocenters. The van der Waals surface area contributed by atoms with Crippen LogP contribution in [0.2, 0.25) is 0 Å². The van der Waals surface area contributed by atoms with Gasteiger partial charge >= 0.3 is 0 Å². The van der Waals surface area contributed by atoms with Crippen LogP contribution in [0.5, 0.6) is 0 Å². The van der Waals surface area contributed by atoms with E-state index in [0.29, 0.717) is 11.4 Å². The van der Waals surface area contributed by atoms with E-state index in [9.17, 15) is 9.18 Å². The normalized spacial score (nSPS) is 11.9. The fraction of sp³-hybridized carbons (Fsp3) is 0.333. The third-order valence-electron chi connectivity index (χ3n) is 3.35. The highest BCUT2D eigenvalue weighted by atomic mass is 19.1. The van der Waals surface area contributed by atoms with Gasteiger partial charge in [-0.15, -0.1) is 0 Å². The maximum Gasteiger partial charge on any atom is 0.262 e. The number of rotatable bonds is 3. The molecule has 0 saturated carbocycles. The number of amides is 1. The second kappa shape index (κ2) is 6.36. The molecule has 2 aromatic rings. The average molecular weight is 315 g/mol. The Balaban J connectivity index is 2.30. The molecule has 0 aliphatic carbocycles. The first-order valence-electron chi connectivity index (χ1n) is 7.48. The van der Waals surface area contributed by atoms with Crippen molar-refractivity contribution in [3.05, 3.63) is 53.1 Å². The number of carbonyl (C=O) groups excluding carboxylic acids is 1. The fourth-order valence-corrected chi connectivity index (χ4v) is 2.17. The highest BCUT2D eigenvalue weighted by Crippen LogP contribution is 2.23. The third kappa shape index (κ3) is 4.06. The molecule has 4 nitrogen and oxygen atoms in total. The zero-order valence-corrected chi connectivity index (χ0v) is 14.1. The van der Waals surface area contributed by atoms with Crippen molar-refractivity contribution in [1.82, 2.24) is 9.78 Å². The van der Waals surface area contributed by atoms with Crippen molar-refractivity contribution < 1.29 is 9.18 Å². The molecule has 1 aromatic heterocycles. The number of halogens is 1. The third-order valence-corrected chi connectivity index (χ3v) is 3.35. The van der Waals surface area contributed by atoms with Gasteiger partial charge in [0.2, 0.25) is 5.95 Å². The van der Waals surface area contributed by atoms with Gasteiger partial charge in [-0.1, -0.05) is 51.1 Å². The van der Waals surface area contributed by atoms with Crippen molar-refractivity contribution in [2.24, 2.45) is 12.5 Å². The number of aromatic nitrogens is 2. The lowest BCUT2D eigenvalue weighted by atomic mass is 9.95. The van der Waals surface area contributed by atoms with E-state index in [2.05, 4.69) is 37.3 Å². The van der Waals surface area contributed by atoms with Crippen molar-refractivity contribution in [2.45, 2.75) is 27.7 Å². The number of aryl methyl sites for hydroxylation is 2. The zero-order chi connectivity index (χ0) is 17.2. The van der Waals surface area contributed by atoms with E-state index < -0.39 is 11.9 Å². The van der Waals surface area contributed by atoms with Crippen LogP contribution >= 0.6 is 0 Å². The van der Waals surface area contributed by atoms with Gasteiger partial charge in [-0.05, 0) is 24.0 Å². The first-order valence-corrected chi connectivity index (χ1v) is 7.48. The van der Waals surface area contributed by atoms with Crippen LogP contribution in [0.15, 0.2) is 30.3 Å². The summed E-state index contributed by atoms with van der Waals surface area (Å²) in [6, 6.07) is 7.43. The minimum absolute atomic E-state index is 0.0258. The summed E-state index contributed by atoms with van der Waals surface area (Å²) in [5.74, 6) is -1.13. The fourth-order valence-electron chi connectivity index (χ4n) is 2.17. The van der Waals surface area contributed by atoms with Crippen LogP contribution in [0.1, 0.15) is 42.4 Å². The van der Waals surface area contributed by atoms with Crippen molar-refractivity contribution >= 4 is 17.7 Å². The number of anilines is 1. The Morgan fingerprint density at radius 1 is 1.30 bits per heavy atom. The number of nitrogens with zero attached hydrogens (tertiary/aromatic N) is 2. The molecule has 0 fully saturated rings. The van der Waals surface area contributed by atoms with E-state index in [1.54, 1.807) is 13.0 Å². The summed E-state index contributed by atoms with van der Waals surface area (Å²) in [4.78, 5) is 12.4. The predicted octanol–water partition coefficient (Wildman–Crippen LogP) is 4.18. The van der Waals surface area contributed by atoms with Crippen LogP contribution in [0.4, 0.5) is 10.1 Å². The van der Waals surface area contributed by atoms with Crippen LogP contribution in [-0.2, 0) is 7.05 Å². The van der Waals surface area contributed by atoms with Gasteiger partial charge in [-0.25, -0.2) is 4.68 Å². The van der Waals surface area contributed by atoms with E-state index in [1.165, 1.54) is 7.05 Å². The molecule has 122 valence electrons. The lowest BCUT2D eigenvalue weighted by Crippen LogP contribution is -2.15. The molecule has 0 radical (unpaired) electrons. The molecular formula is C18H22FN3O. The summed E-state index contributed by atoms with van der Waals surface area (Å²) in [6.07, 6.45) is 4.02. The Labute approximate surface area is 136 Å². The Morgan fingerprint density at radius 2 is 1.96 bits per heavy atom. The van der Waals surface area contributed by atoms with Crippen LogP contribution in [0.25, 0.3) is 6.08 Å². The number of para-hydroxylation sites is 1. The van der Waals surface area contributed by atoms with E-state index >= 15 is 0 Å². The highest BCUT2D eigenvalue weighted by molar-refractivity contribution is 6.06. The van der Waals surface area contributed by atoms with Gasteiger partial charge in [0.15, 0.2) is 0 Å². The summed E-state index contributed by atoms with van der Waals surface area (Å²) in [5, 5.41) is 6.71. The van der Waals surface area contributed by atoms with Gasteiger partial charge < -0.3 is 5.32 Å². The average Bonchev–Trinajstić information content (AvgIpc) is 2.70. The Hall–Kier alpha value is -2.43. The van der Waals surface area contributed by atoms with Gasteiger partial charge in [0, 0.05) is 12.7 Å². The second-order valence-corrected chi connectivity index (χ2v) is 6.62. The summed E-state index contributed by atoms with van der Waals surface area (Å²) in [7, 11) is 1.47. The summed E-state index contributed by atoms with van der Waals surface area (Å²) in [5.41, 5.74) is 1.88. The Bertz CT molecular complexity index is 754. The molecule has 1 heterocycles. The van der Waals surface area contributed by atoms with E-state index in [4.69, 9.17) is 0 Å². The second-order valence-electron chi connectivity index (χ2n) is 6.62. The molecule has 0 unspecified atom stereocenters. The van der Waals surface area contributed by atoms with Crippen LogP contribution in [0.3, 0.4) is 0 Å². The molecule has 23 heavy (non-hydrogen) atoms. The molecule has 1 amide bonds. The number of benzene rings is 1. The molecule has 2 rings (SSSR count). The molecule has 0 aliphatic heterocycles. The molecular weight excluding hydrogens is 293 g/mol. The van der Waals surface area contributed by atoms with Crippen molar-refractivity contribution in [2.75, 3.05) is 5.32 Å². The quantitative estimate of drug-likeness (QED) is 0.923. The molecule has 0 saturated heterocycles. The number of allylic oxidation sites excluding steroid dienone is 1. The maximum absolute atomic E-state index is 14.0. The molecule has 0 aliphatic rings. The number of hydrogen-bond donors (Lipinski definition) is 1. The highest BCUT2D eigenvalue weighted by Gasteiger charge is 2.21. The largest absolute Gasteiger partial charge is 0.321 e. The number of carbonyl (C=O) groups is 1. The van der Waals surface area contributed by atoms with Crippen LogP contribution < -0.4 is 5.32 Å². The summed E-state index contributed by atoms with van der Waals surface area (Å²) < 4.78 is 15.1. The molecule has 0 spiro atoms. The Kier molecular flexibility index (Phi) is 4.68. The van der Waals surface area contributed by atoms with Gasteiger partial charge in [0.25, 0.3) is 5.91 Å². The smallest absolute Gasteiger partial charge is 0.262 e. The van der Waals surface area contributed by atoms with E-state index in [0.717, 1.165) is 10.2 Å². The minimum atomic E-state index is -0.636. The lowest BCUT2D eigenvalue weighted by Gasteiger charge is -2.13. The van der Waals surface area contributed by atoms with Gasteiger partial charge in [0.05, 0.1) is 5.69 Å². The van der Waals surface area contributed by atoms with E-state index in [-0.39, 0.29) is 11.0 Å². The van der Waals surface area contributed by atoms with Crippen molar-refractivity contribution in [3.8, 4) is 0 Å². The number of hydrogen-bond acceptors (Lipinski definition) is 2. The maximum atomic E-state index is 14.0. The van der Waals surface area contributed by atoms with Gasteiger partial charge in [0.1, 0.15) is 5.56 Å². The van der Waals surface area contributed by atoms with Crippen molar-refractivity contribution in [3.63, 3.8) is 0 Å². The first-order chi connectivity index (χ1) is 10.7. The topological polar surface area (TPSA) is 46.9 Å². The zero-order valence-electron chi connectivity index (χ0n) is 14.1. The molecule has 1 aromatic carbocycles. The van der Waals surface area contributed by atoms with Gasteiger partial charge in [-0.3, -0.25) is 4.79 Å². The minimum Gasteiger partial charge on any atom is -0.321 e. The SMILES string of the molecule is Cc1nn(C)c(F)c1C(=O)Nc1ccccc1/C=C\C(C)(C)C. The van der Waals surface area contributed by atoms with Crippen LogP contribution in [0, 0.1) is 18.3 Å². The lowest BCUT2D eigenvalue weighted by molar-refractivity contribution is 0.102. The molecule has 0 bridgehead atoms. The van der Waals surface area contributed by atoms with Crippen molar-refractivity contribution in [1.29, 1.82) is 0 Å². The number of nitrogens with one attached hydrogen (secondary N) is 1. The van der Waals surface area contributed by atoms with Gasteiger partial charge in [-0.2, -0.15) is 9.49 Å².